The molecule has 2 N–H and O–H groups in total. The summed E-state index contributed by atoms with van der Waals surface area (Å²) in [6.07, 6.45) is 4.70. The van der Waals surface area contributed by atoms with Crippen LogP contribution < -0.4 is 10.5 Å². The molecule has 22 heavy (non-hydrogen) atoms. The molecule has 2 aromatic heterocycles. The van der Waals surface area contributed by atoms with Crippen LogP contribution in [0.4, 0.5) is 5.82 Å². The lowest BCUT2D eigenvalue weighted by molar-refractivity contribution is 0.312. The van der Waals surface area contributed by atoms with Crippen molar-refractivity contribution in [2.24, 2.45) is 0 Å². The Morgan fingerprint density at radius 3 is 2.91 bits per heavy atom. The molecule has 0 bridgehead atoms. The molecule has 0 aliphatic rings. The summed E-state index contributed by atoms with van der Waals surface area (Å²) < 4.78 is 7.16. The molecule has 0 atom stereocenters. The third-order valence-electron chi connectivity index (χ3n) is 2.70. The topological polar surface area (TPSA) is 91.7 Å². The van der Waals surface area contributed by atoms with Crippen molar-refractivity contribution in [2.75, 3.05) is 12.3 Å². The molecule has 2 rings (SSSR count). The molecule has 0 aliphatic carbocycles. The lowest BCUT2D eigenvalue weighted by Crippen LogP contribution is -2.07. The molecule has 2 aromatic rings. The van der Waals surface area contributed by atoms with E-state index in [4.69, 9.17) is 22.1 Å². The number of halogens is 1. The number of rotatable bonds is 4. The second kappa shape index (κ2) is 7.56. The van der Waals surface area contributed by atoms with E-state index in [0.717, 1.165) is 5.69 Å². The number of nitrogen functional groups attached to an aromatic ring is 1. The first-order valence-electron chi connectivity index (χ1n) is 6.71. The fourth-order valence-electron chi connectivity index (χ4n) is 1.70. The number of hydrogen-bond donors (Lipinski definition) is 1. The average Bonchev–Trinajstić information content (AvgIpc) is 2.51. The summed E-state index contributed by atoms with van der Waals surface area (Å²) in [5.74, 6) is 0.875. The predicted molar refractivity (Wildman–Crippen MR) is 84.1 cm³/mol. The van der Waals surface area contributed by atoms with Gasteiger partial charge in [-0.25, -0.2) is 4.98 Å². The van der Waals surface area contributed by atoms with E-state index < -0.39 is 0 Å². The van der Waals surface area contributed by atoms with Gasteiger partial charge in [0.1, 0.15) is 11.6 Å². The van der Waals surface area contributed by atoms with Crippen LogP contribution in [0.1, 0.15) is 18.4 Å². The highest BCUT2D eigenvalue weighted by molar-refractivity contribution is 6.30. The quantitative estimate of drug-likeness (QED) is 0.928. The molecule has 0 radical (unpaired) electrons. The van der Waals surface area contributed by atoms with Gasteiger partial charge < -0.3 is 15.0 Å². The van der Waals surface area contributed by atoms with Crippen LogP contribution in [0.15, 0.2) is 30.9 Å². The van der Waals surface area contributed by atoms with Crippen LogP contribution in [0.3, 0.4) is 0 Å². The lowest BCUT2D eigenvalue weighted by Gasteiger charge is -2.07. The smallest absolute Gasteiger partial charge is 0.320 e. The normalized spacial score (nSPS) is 10.1. The number of aryl methyl sites for hydroxylation is 1. The predicted octanol–water partition coefficient (Wildman–Crippen LogP) is 2.18. The summed E-state index contributed by atoms with van der Waals surface area (Å²) in [5.41, 5.74) is 6.51. The largest absolute Gasteiger partial charge is 0.464 e. The van der Waals surface area contributed by atoms with E-state index in [1.54, 1.807) is 24.7 Å². The van der Waals surface area contributed by atoms with Gasteiger partial charge in [0.15, 0.2) is 0 Å². The van der Waals surface area contributed by atoms with Crippen molar-refractivity contribution in [1.29, 1.82) is 0 Å². The summed E-state index contributed by atoms with van der Waals surface area (Å²) >= 11 is 5.98. The van der Waals surface area contributed by atoms with Crippen LogP contribution in [0.2, 0.25) is 5.02 Å². The van der Waals surface area contributed by atoms with Crippen LogP contribution in [0.5, 0.6) is 6.01 Å². The number of pyridine rings is 1. The fourth-order valence-corrected chi connectivity index (χ4v) is 1.88. The Morgan fingerprint density at radius 2 is 2.18 bits per heavy atom. The van der Waals surface area contributed by atoms with Crippen LogP contribution in [-0.4, -0.2) is 31.1 Å². The van der Waals surface area contributed by atoms with E-state index in [1.807, 2.05) is 18.4 Å². The highest BCUT2D eigenvalue weighted by Gasteiger charge is 2.02. The number of aromatic nitrogens is 5. The zero-order valence-corrected chi connectivity index (χ0v) is 13.2. The third-order valence-corrected chi connectivity index (χ3v) is 2.93. The van der Waals surface area contributed by atoms with Gasteiger partial charge in [0, 0.05) is 11.2 Å². The molecule has 0 aromatic carbocycles. The molecule has 0 fully saturated rings. The molecule has 8 heteroatoms. The minimum Gasteiger partial charge on any atom is -0.464 e. The van der Waals surface area contributed by atoms with Crippen LogP contribution >= 0.6 is 11.6 Å². The van der Waals surface area contributed by atoms with E-state index in [-0.39, 0.29) is 11.8 Å². The van der Waals surface area contributed by atoms with E-state index >= 15 is 0 Å². The maximum Gasteiger partial charge on any atom is 0.320 e. The second-order valence-electron chi connectivity index (χ2n) is 4.40. The van der Waals surface area contributed by atoms with Gasteiger partial charge in [-0.3, -0.25) is 4.98 Å². The van der Waals surface area contributed by atoms with Gasteiger partial charge in [0.2, 0.25) is 0 Å². The molecular formula is C14H17ClN6O. The Morgan fingerprint density at radius 1 is 1.36 bits per heavy atom. The fraction of sp³-hybridized carbons (Fsp3) is 0.286. The van der Waals surface area contributed by atoms with Crippen molar-refractivity contribution < 1.29 is 4.74 Å². The molecule has 116 valence electrons. The highest BCUT2D eigenvalue weighted by atomic mass is 35.5. The van der Waals surface area contributed by atoms with Crippen molar-refractivity contribution in [2.45, 2.75) is 20.4 Å². The van der Waals surface area contributed by atoms with Crippen molar-refractivity contribution in [3.05, 3.63) is 47.4 Å². The van der Waals surface area contributed by atoms with Crippen molar-refractivity contribution in [3.63, 3.8) is 0 Å². The molecule has 2 heterocycles. The Labute approximate surface area is 133 Å². The summed E-state index contributed by atoms with van der Waals surface area (Å²) in [5, 5.41) is 0.626. The zero-order chi connectivity index (χ0) is 15.9. The first-order chi connectivity index (χ1) is 10.6. The summed E-state index contributed by atoms with van der Waals surface area (Å²) in [7, 11) is 0. The Balaban J connectivity index is 2.46. The molecule has 0 aliphatic heterocycles. The zero-order valence-electron chi connectivity index (χ0n) is 12.4. The maximum atomic E-state index is 5.98. The molecule has 0 saturated carbocycles. The maximum absolute atomic E-state index is 5.98. The summed E-state index contributed by atoms with van der Waals surface area (Å²) in [6, 6.07) is 3.71. The minimum absolute atomic E-state index is 0.198. The first-order valence-corrected chi connectivity index (χ1v) is 7.09. The SMILES string of the molecule is CCOc1nc(N)cncn(Cc2cc(Cl)ccn2)c(C)n1. The molecule has 7 nitrogen and oxygen atoms in total. The van der Waals surface area contributed by atoms with Gasteiger partial charge in [-0.15, -0.1) is 0 Å². The Kier molecular flexibility index (Phi) is 5.48. The summed E-state index contributed by atoms with van der Waals surface area (Å²) in [4.78, 5) is 16.8. The number of hydrogen-bond acceptors (Lipinski definition) is 6. The number of ether oxygens (including phenoxy) is 1. The third kappa shape index (κ3) is 4.56. The number of nitrogens with zero attached hydrogens (tertiary/aromatic N) is 5. The summed E-state index contributed by atoms with van der Waals surface area (Å²) in [6.45, 7) is 4.59. The average molecular weight is 321 g/mol. The minimum atomic E-state index is 0.198. The number of anilines is 1. The van der Waals surface area contributed by atoms with Gasteiger partial charge in [-0.05, 0) is 26.0 Å². The van der Waals surface area contributed by atoms with E-state index in [2.05, 4.69) is 19.9 Å². The van der Waals surface area contributed by atoms with E-state index in [9.17, 15) is 0 Å². The van der Waals surface area contributed by atoms with Crippen LogP contribution in [0, 0.1) is 6.92 Å². The first kappa shape index (κ1) is 16.0. The Hall–Kier alpha value is -2.41. The van der Waals surface area contributed by atoms with E-state index in [1.165, 1.54) is 6.20 Å². The van der Waals surface area contributed by atoms with Gasteiger partial charge in [0.25, 0.3) is 0 Å². The van der Waals surface area contributed by atoms with Gasteiger partial charge in [-0.1, -0.05) is 11.6 Å². The molecule has 0 saturated heterocycles. The van der Waals surface area contributed by atoms with Gasteiger partial charge >= 0.3 is 6.01 Å². The highest BCUT2D eigenvalue weighted by Crippen LogP contribution is 2.10. The molecular weight excluding hydrogens is 304 g/mol. The molecule has 0 amide bonds. The van der Waals surface area contributed by atoms with Crippen molar-refractivity contribution >= 4 is 17.4 Å². The molecule has 0 unspecified atom stereocenters. The van der Waals surface area contributed by atoms with Gasteiger partial charge in [-0.2, -0.15) is 9.97 Å². The standard InChI is InChI=1S/C14H17ClN6O/c1-3-22-14-19-10(2)21(9-17-7-13(16)20-14)8-12-6-11(15)4-5-18-12/h4-7,9H,3,8,16H2,1-2H3. The van der Waals surface area contributed by atoms with Crippen molar-refractivity contribution in [3.8, 4) is 6.01 Å². The van der Waals surface area contributed by atoms with Crippen LogP contribution in [-0.2, 0) is 6.54 Å². The Bertz CT molecular complexity index is 702. The monoisotopic (exact) mass is 320 g/mol. The molecule has 0 spiro atoms. The van der Waals surface area contributed by atoms with Gasteiger partial charge in [0.05, 0.1) is 31.4 Å². The van der Waals surface area contributed by atoms with E-state index in [0.29, 0.717) is 24.0 Å². The van der Waals surface area contributed by atoms with Crippen molar-refractivity contribution in [1.82, 2.24) is 24.5 Å². The second-order valence-corrected chi connectivity index (χ2v) is 4.83. The number of nitrogens with two attached hydrogens (primary N) is 1. The lowest BCUT2D eigenvalue weighted by atomic mass is 10.3. The van der Waals surface area contributed by atoms with Crippen LogP contribution in [0.25, 0.3) is 0 Å².